The van der Waals surface area contributed by atoms with Crippen molar-refractivity contribution in [3.8, 4) is 0 Å². The van der Waals surface area contributed by atoms with Crippen molar-refractivity contribution in [3.05, 3.63) is 76.9 Å². The van der Waals surface area contributed by atoms with Crippen LogP contribution in [0.1, 0.15) is 41.5 Å². The Labute approximate surface area is 154 Å². The monoisotopic (exact) mass is 348 g/mol. The van der Waals surface area contributed by atoms with Gasteiger partial charge >= 0.3 is 5.97 Å². The van der Waals surface area contributed by atoms with Crippen LogP contribution in [0.3, 0.4) is 0 Å². The van der Waals surface area contributed by atoms with Crippen LogP contribution in [0.15, 0.2) is 54.6 Å². The van der Waals surface area contributed by atoms with Crippen LogP contribution >= 0.6 is 0 Å². The number of ether oxygens (including phenoxy) is 1. The number of carbonyl (C=O) groups excluding carboxylic acids is 2. The lowest BCUT2D eigenvalue weighted by atomic mass is 9.72. The van der Waals surface area contributed by atoms with Crippen molar-refractivity contribution in [1.82, 2.24) is 0 Å². The van der Waals surface area contributed by atoms with E-state index in [-0.39, 0.29) is 18.3 Å². The molecule has 0 saturated carbocycles. The average molecular weight is 348 g/mol. The van der Waals surface area contributed by atoms with Gasteiger partial charge in [0.2, 0.25) is 0 Å². The maximum atomic E-state index is 12.9. The molecule has 0 aliphatic heterocycles. The molecule has 0 radical (unpaired) electrons. The third kappa shape index (κ3) is 3.62. The molecule has 26 heavy (non-hydrogen) atoms. The molecule has 0 N–H and O–H groups in total. The quantitative estimate of drug-likeness (QED) is 0.598. The second-order valence-electron chi connectivity index (χ2n) is 6.83. The molecule has 2 atom stereocenters. The molecule has 3 heteroatoms. The molecule has 0 spiro atoms. The number of aryl methyl sites for hydroxylation is 2. The van der Waals surface area contributed by atoms with Gasteiger partial charge in [-0.05, 0) is 55.5 Å². The standard InChI is InChI=1S/C23H24O3/c1-4-26-23(25)22-20(19-8-6-5-7-16(19)3)13-18(14-21(22)24)17-11-9-15(2)10-12-17/h5-12,14,20,22H,4,13H2,1-3H3/t20-,22+/m1/s1. The van der Waals surface area contributed by atoms with Crippen molar-refractivity contribution >= 4 is 17.3 Å². The molecular formula is C23H24O3. The van der Waals surface area contributed by atoms with Crippen LogP contribution in [0.5, 0.6) is 0 Å². The van der Waals surface area contributed by atoms with Gasteiger partial charge in [0.25, 0.3) is 0 Å². The van der Waals surface area contributed by atoms with Crippen LogP contribution < -0.4 is 0 Å². The molecule has 0 saturated heterocycles. The van der Waals surface area contributed by atoms with Crippen LogP contribution in [-0.2, 0) is 14.3 Å². The van der Waals surface area contributed by atoms with Gasteiger partial charge in [0, 0.05) is 5.92 Å². The van der Waals surface area contributed by atoms with Crippen molar-refractivity contribution in [2.24, 2.45) is 5.92 Å². The number of hydrogen-bond donors (Lipinski definition) is 0. The van der Waals surface area contributed by atoms with E-state index in [1.807, 2.05) is 62.4 Å². The number of esters is 1. The minimum Gasteiger partial charge on any atom is -0.465 e. The Balaban J connectivity index is 2.04. The number of rotatable bonds is 4. The van der Waals surface area contributed by atoms with Gasteiger partial charge in [-0.2, -0.15) is 0 Å². The van der Waals surface area contributed by atoms with E-state index in [9.17, 15) is 9.59 Å². The van der Waals surface area contributed by atoms with Crippen LogP contribution in [0.2, 0.25) is 0 Å². The molecule has 3 nitrogen and oxygen atoms in total. The second kappa shape index (κ2) is 7.69. The minimum atomic E-state index is -0.773. The summed E-state index contributed by atoms with van der Waals surface area (Å²) in [5.41, 5.74) is 5.31. The Bertz CT molecular complexity index is 846. The molecule has 0 bridgehead atoms. The Morgan fingerprint density at radius 1 is 1.08 bits per heavy atom. The molecule has 1 aliphatic rings. The van der Waals surface area contributed by atoms with Gasteiger partial charge in [-0.1, -0.05) is 54.1 Å². The third-order valence-electron chi connectivity index (χ3n) is 5.02. The van der Waals surface area contributed by atoms with E-state index in [1.54, 1.807) is 13.0 Å². The topological polar surface area (TPSA) is 43.4 Å². The van der Waals surface area contributed by atoms with Crippen molar-refractivity contribution in [3.63, 3.8) is 0 Å². The summed E-state index contributed by atoms with van der Waals surface area (Å²) in [5.74, 6) is -1.57. The van der Waals surface area contributed by atoms with E-state index in [0.29, 0.717) is 6.42 Å². The fraction of sp³-hybridized carbons (Fsp3) is 0.304. The van der Waals surface area contributed by atoms with Crippen molar-refractivity contribution in [2.45, 2.75) is 33.1 Å². The zero-order valence-electron chi connectivity index (χ0n) is 15.5. The lowest BCUT2D eigenvalue weighted by Gasteiger charge is -2.30. The average Bonchev–Trinajstić information content (AvgIpc) is 2.62. The molecule has 2 aromatic carbocycles. The number of ketones is 1. The van der Waals surface area contributed by atoms with Crippen LogP contribution in [0.25, 0.3) is 5.57 Å². The lowest BCUT2D eigenvalue weighted by molar-refractivity contribution is -0.151. The van der Waals surface area contributed by atoms with Crippen LogP contribution in [0.4, 0.5) is 0 Å². The van der Waals surface area contributed by atoms with Crippen LogP contribution in [0, 0.1) is 19.8 Å². The molecule has 0 heterocycles. The highest BCUT2D eigenvalue weighted by Crippen LogP contribution is 2.41. The van der Waals surface area contributed by atoms with Gasteiger partial charge in [0.05, 0.1) is 6.61 Å². The molecule has 134 valence electrons. The Hall–Kier alpha value is -2.68. The molecule has 0 unspecified atom stereocenters. The van der Waals surface area contributed by atoms with Crippen molar-refractivity contribution in [1.29, 1.82) is 0 Å². The predicted octanol–water partition coefficient (Wildman–Crippen LogP) is 4.62. The summed E-state index contributed by atoms with van der Waals surface area (Å²) >= 11 is 0. The summed E-state index contributed by atoms with van der Waals surface area (Å²) in [6.45, 7) is 6.10. The summed E-state index contributed by atoms with van der Waals surface area (Å²) in [7, 11) is 0. The highest BCUT2D eigenvalue weighted by molar-refractivity contribution is 6.10. The van der Waals surface area contributed by atoms with Gasteiger partial charge in [0.15, 0.2) is 5.78 Å². The molecule has 0 fully saturated rings. The minimum absolute atomic E-state index is 0.168. The predicted molar refractivity (Wildman–Crippen MR) is 103 cm³/mol. The molecule has 0 amide bonds. The first kappa shape index (κ1) is 18.1. The van der Waals surface area contributed by atoms with E-state index >= 15 is 0 Å². The highest BCUT2D eigenvalue weighted by atomic mass is 16.5. The second-order valence-corrected chi connectivity index (χ2v) is 6.83. The third-order valence-corrected chi connectivity index (χ3v) is 5.02. The molecule has 2 aromatic rings. The SMILES string of the molecule is CCOC(=O)[C@@H]1C(=O)C=C(c2ccc(C)cc2)C[C@@H]1c1ccccc1C. The van der Waals surface area contributed by atoms with Crippen molar-refractivity contribution in [2.75, 3.05) is 6.61 Å². The fourth-order valence-electron chi connectivity index (χ4n) is 3.65. The highest BCUT2D eigenvalue weighted by Gasteiger charge is 2.40. The van der Waals surface area contributed by atoms with E-state index in [1.165, 1.54) is 5.56 Å². The maximum Gasteiger partial charge on any atom is 0.317 e. The summed E-state index contributed by atoms with van der Waals surface area (Å²) in [4.78, 5) is 25.4. The molecule has 0 aromatic heterocycles. The van der Waals surface area contributed by atoms with Gasteiger partial charge in [-0.3, -0.25) is 9.59 Å². The number of carbonyl (C=O) groups is 2. The first-order valence-corrected chi connectivity index (χ1v) is 9.05. The fourth-order valence-corrected chi connectivity index (χ4v) is 3.65. The summed E-state index contributed by atoms with van der Waals surface area (Å²) in [6.07, 6.45) is 2.27. The van der Waals surface area contributed by atoms with E-state index in [2.05, 4.69) is 0 Å². The van der Waals surface area contributed by atoms with Crippen LogP contribution in [-0.4, -0.2) is 18.4 Å². The largest absolute Gasteiger partial charge is 0.465 e. The van der Waals surface area contributed by atoms with Gasteiger partial charge in [-0.15, -0.1) is 0 Å². The zero-order valence-corrected chi connectivity index (χ0v) is 15.5. The summed E-state index contributed by atoms with van der Waals surface area (Å²) < 4.78 is 5.21. The number of allylic oxidation sites excluding steroid dienone is 2. The Morgan fingerprint density at radius 3 is 2.42 bits per heavy atom. The summed E-state index contributed by atoms with van der Waals surface area (Å²) in [5, 5.41) is 0. The molecule has 3 rings (SSSR count). The maximum absolute atomic E-state index is 12.9. The van der Waals surface area contributed by atoms with Gasteiger partial charge in [0.1, 0.15) is 5.92 Å². The Morgan fingerprint density at radius 2 is 1.77 bits per heavy atom. The molecule has 1 aliphatic carbocycles. The number of hydrogen-bond acceptors (Lipinski definition) is 3. The smallest absolute Gasteiger partial charge is 0.317 e. The van der Waals surface area contributed by atoms with Crippen molar-refractivity contribution < 1.29 is 14.3 Å². The first-order valence-electron chi connectivity index (χ1n) is 9.05. The Kier molecular flexibility index (Phi) is 5.36. The summed E-state index contributed by atoms with van der Waals surface area (Å²) in [6, 6.07) is 16.1. The molecular weight excluding hydrogens is 324 g/mol. The lowest BCUT2D eigenvalue weighted by Crippen LogP contribution is -2.34. The van der Waals surface area contributed by atoms with E-state index < -0.39 is 11.9 Å². The van der Waals surface area contributed by atoms with E-state index in [4.69, 9.17) is 4.74 Å². The number of benzene rings is 2. The van der Waals surface area contributed by atoms with Gasteiger partial charge in [-0.25, -0.2) is 0 Å². The first-order chi connectivity index (χ1) is 12.5. The van der Waals surface area contributed by atoms with E-state index in [0.717, 1.165) is 22.3 Å². The zero-order chi connectivity index (χ0) is 18.7. The normalized spacial score (nSPS) is 19.8. The van der Waals surface area contributed by atoms with Gasteiger partial charge < -0.3 is 4.74 Å².